The maximum atomic E-state index is 11.9. The number of rotatable bonds is 4. The third kappa shape index (κ3) is 2.40. The number of carbonyl (C=O) groups is 1. The molecule has 4 nitrogen and oxygen atoms in total. The van der Waals surface area contributed by atoms with Crippen LogP contribution in [0.1, 0.15) is 10.4 Å². The number of Topliss-reactive ketones (excluding diaryl/α,β-unsaturated/α-hetero) is 1. The number of methoxy groups -OCH3 is 1. The van der Waals surface area contributed by atoms with E-state index in [1.165, 1.54) is 7.11 Å². The van der Waals surface area contributed by atoms with Crippen molar-refractivity contribution in [3.05, 3.63) is 29.8 Å². The lowest BCUT2D eigenvalue weighted by atomic mass is 9.99. The van der Waals surface area contributed by atoms with Crippen LogP contribution in [-0.2, 0) is 0 Å². The van der Waals surface area contributed by atoms with E-state index in [2.05, 4.69) is 15.9 Å². The first-order chi connectivity index (χ1) is 7.57. The van der Waals surface area contributed by atoms with Crippen LogP contribution >= 0.6 is 15.9 Å². The fourth-order valence-corrected chi connectivity index (χ4v) is 1.36. The Labute approximate surface area is 102 Å². The van der Waals surface area contributed by atoms with Crippen LogP contribution in [0.2, 0.25) is 0 Å². The molecule has 0 saturated carbocycles. The number of hydrogen-bond donors (Lipinski definition) is 1. The second kappa shape index (κ2) is 5.10. The number of carbonyl (C=O) groups excluding carboxylic acids is 1. The normalized spacial score (nSPS) is 13.6. The van der Waals surface area contributed by atoms with Crippen LogP contribution in [0.3, 0.4) is 0 Å². The summed E-state index contributed by atoms with van der Waals surface area (Å²) in [5, 5.41) is 17.8. The Hall–Kier alpha value is -1.38. The molecule has 0 aliphatic carbocycles. The summed E-state index contributed by atoms with van der Waals surface area (Å²) in [6, 6.07) is 8.07. The molecule has 0 fully saturated rings. The Balaban J connectivity index is 3.01. The fraction of sp³-hybridized carbons (Fsp3) is 0.273. The number of aliphatic hydroxyl groups is 1. The van der Waals surface area contributed by atoms with Crippen molar-refractivity contribution in [2.75, 3.05) is 13.7 Å². The maximum Gasteiger partial charge on any atom is 0.197 e. The van der Waals surface area contributed by atoms with E-state index >= 15 is 0 Å². The number of benzene rings is 1. The second-order valence-corrected chi connectivity index (χ2v) is 4.48. The van der Waals surface area contributed by atoms with Crippen molar-refractivity contribution in [1.82, 2.24) is 0 Å². The van der Waals surface area contributed by atoms with Crippen molar-refractivity contribution in [3.8, 4) is 11.8 Å². The van der Waals surface area contributed by atoms with Crippen molar-refractivity contribution in [2.45, 2.75) is 4.32 Å². The molecule has 0 aliphatic rings. The minimum Gasteiger partial charge on any atom is -0.497 e. The van der Waals surface area contributed by atoms with Crippen molar-refractivity contribution in [1.29, 1.82) is 5.26 Å². The molecule has 0 spiro atoms. The van der Waals surface area contributed by atoms with Crippen molar-refractivity contribution in [2.24, 2.45) is 0 Å². The van der Waals surface area contributed by atoms with Gasteiger partial charge in [-0.3, -0.25) is 4.79 Å². The number of aliphatic hydroxyl groups excluding tert-OH is 1. The van der Waals surface area contributed by atoms with Crippen LogP contribution in [0.4, 0.5) is 0 Å². The first-order valence-corrected chi connectivity index (χ1v) is 5.26. The predicted octanol–water partition coefficient (Wildman–Crippen LogP) is 1.53. The lowest BCUT2D eigenvalue weighted by Crippen LogP contribution is -2.34. The minimum absolute atomic E-state index is 0.341. The van der Waals surface area contributed by atoms with Crippen molar-refractivity contribution >= 4 is 21.7 Å². The molecule has 0 aliphatic heterocycles. The van der Waals surface area contributed by atoms with Crippen LogP contribution in [0, 0.1) is 11.3 Å². The van der Waals surface area contributed by atoms with Crippen molar-refractivity contribution < 1.29 is 14.6 Å². The van der Waals surface area contributed by atoms with E-state index in [1.807, 2.05) is 0 Å². The molecular formula is C11H10BrNO3. The van der Waals surface area contributed by atoms with Gasteiger partial charge in [0.05, 0.1) is 19.8 Å². The molecule has 84 valence electrons. The van der Waals surface area contributed by atoms with Gasteiger partial charge < -0.3 is 9.84 Å². The molecule has 1 atom stereocenters. The summed E-state index contributed by atoms with van der Waals surface area (Å²) < 4.78 is 3.38. The largest absolute Gasteiger partial charge is 0.497 e. The Morgan fingerprint density at radius 2 is 2.12 bits per heavy atom. The highest BCUT2D eigenvalue weighted by Gasteiger charge is 2.35. The maximum absolute atomic E-state index is 11.9. The van der Waals surface area contributed by atoms with E-state index in [0.717, 1.165) is 0 Å². The first kappa shape index (κ1) is 12.7. The van der Waals surface area contributed by atoms with Gasteiger partial charge in [-0.1, -0.05) is 15.9 Å². The fourth-order valence-electron chi connectivity index (χ4n) is 1.13. The van der Waals surface area contributed by atoms with Crippen LogP contribution in [0.15, 0.2) is 24.3 Å². The van der Waals surface area contributed by atoms with Gasteiger partial charge >= 0.3 is 0 Å². The molecule has 1 unspecified atom stereocenters. The SMILES string of the molecule is COc1ccc(C(=O)C(Br)(C#N)CO)cc1. The molecule has 0 bridgehead atoms. The number of alkyl halides is 1. The summed E-state index contributed by atoms with van der Waals surface area (Å²) in [6.45, 7) is -0.575. The molecular weight excluding hydrogens is 274 g/mol. The van der Waals surface area contributed by atoms with Gasteiger partial charge in [0.1, 0.15) is 5.75 Å². The Morgan fingerprint density at radius 3 is 2.50 bits per heavy atom. The third-order valence-corrected chi connectivity index (χ3v) is 2.90. The van der Waals surface area contributed by atoms with Crippen LogP contribution in [0.25, 0.3) is 0 Å². The number of ether oxygens (including phenoxy) is 1. The molecule has 1 N–H and O–H groups in total. The third-order valence-electron chi connectivity index (χ3n) is 2.11. The van der Waals surface area contributed by atoms with Gasteiger partial charge in [-0.2, -0.15) is 5.26 Å². The smallest absolute Gasteiger partial charge is 0.197 e. The van der Waals surface area contributed by atoms with E-state index in [-0.39, 0.29) is 0 Å². The van der Waals surface area contributed by atoms with E-state index in [9.17, 15) is 4.79 Å². The number of hydrogen-bond acceptors (Lipinski definition) is 4. The zero-order valence-electron chi connectivity index (χ0n) is 8.61. The van der Waals surface area contributed by atoms with Gasteiger partial charge in [-0.15, -0.1) is 0 Å². The molecule has 0 heterocycles. The predicted molar refractivity (Wildman–Crippen MR) is 61.7 cm³/mol. The Bertz CT molecular complexity index is 424. The second-order valence-electron chi connectivity index (χ2n) is 3.13. The molecule has 0 saturated heterocycles. The van der Waals surface area contributed by atoms with Crippen LogP contribution < -0.4 is 4.74 Å². The molecule has 1 rings (SSSR count). The summed E-state index contributed by atoms with van der Waals surface area (Å²) in [5.74, 6) is 0.151. The van der Waals surface area contributed by atoms with Crippen molar-refractivity contribution in [3.63, 3.8) is 0 Å². The molecule has 0 aromatic heterocycles. The highest BCUT2D eigenvalue weighted by Crippen LogP contribution is 2.23. The quantitative estimate of drug-likeness (QED) is 0.672. The van der Waals surface area contributed by atoms with Gasteiger partial charge in [0.2, 0.25) is 0 Å². The van der Waals surface area contributed by atoms with Gasteiger partial charge in [0, 0.05) is 5.56 Å². The minimum atomic E-state index is -1.57. The Kier molecular flexibility index (Phi) is 4.05. The average Bonchev–Trinajstić information content (AvgIpc) is 2.37. The van der Waals surface area contributed by atoms with Gasteiger partial charge in [-0.05, 0) is 24.3 Å². The zero-order chi connectivity index (χ0) is 12.2. The van der Waals surface area contributed by atoms with Gasteiger partial charge in [0.25, 0.3) is 0 Å². The number of halogens is 1. The lowest BCUT2D eigenvalue weighted by molar-refractivity contribution is 0.0936. The summed E-state index contributed by atoms with van der Waals surface area (Å²) in [7, 11) is 1.52. The van der Waals surface area contributed by atoms with Crippen LogP contribution in [0.5, 0.6) is 5.75 Å². The number of ketones is 1. The molecule has 1 aromatic rings. The van der Waals surface area contributed by atoms with E-state index < -0.39 is 16.7 Å². The number of nitrogens with zero attached hydrogens (tertiary/aromatic N) is 1. The first-order valence-electron chi connectivity index (χ1n) is 4.47. The summed E-state index contributed by atoms with van der Waals surface area (Å²) in [4.78, 5) is 11.9. The monoisotopic (exact) mass is 283 g/mol. The van der Waals surface area contributed by atoms with E-state index in [0.29, 0.717) is 11.3 Å². The highest BCUT2D eigenvalue weighted by molar-refractivity contribution is 9.10. The zero-order valence-corrected chi connectivity index (χ0v) is 10.2. The van der Waals surface area contributed by atoms with Gasteiger partial charge in [0.15, 0.2) is 10.1 Å². The standard InChI is InChI=1S/C11H10BrNO3/c1-16-9-4-2-8(3-5-9)10(15)11(12,6-13)7-14/h2-5,14H,7H2,1H3. The molecule has 0 radical (unpaired) electrons. The van der Waals surface area contributed by atoms with Crippen LogP contribution in [-0.4, -0.2) is 28.9 Å². The molecule has 0 amide bonds. The molecule has 5 heteroatoms. The number of nitriles is 1. The van der Waals surface area contributed by atoms with Gasteiger partial charge in [-0.25, -0.2) is 0 Å². The molecule has 16 heavy (non-hydrogen) atoms. The van der Waals surface area contributed by atoms with E-state index in [4.69, 9.17) is 15.1 Å². The topological polar surface area (TPSA) is 70.3 Å². The molecule has 1 aromatic carbocycles. The lowest BCUT2D eigenvalue weighted by Gasteiger charge is -2.14. The summed E-state index contributed by atoms with van der Waals surface area (Å²) in [5.41, 5.74) is 0.341. The summed E-state index contributed by atoms with van der Waals surface area (Å²) in [6.07, 6.45) is 0. The Morgan fingerprint density at radius 1 is 1.56 bits per heavy atom. The van der Waals surface area contributed by atoms with E-state index in [1.54, 1.807) is 30.3 Å². The summed E-state index contributed by atoms with van der Waals surface area (Å²) >= 11 is 2.93. The average molecular weight is 284 g/mol. The highest BCUT2D eigenvalue weighted by atomic mass is 79.9.